The summed E-state index contributed by atoms with van der Waals surface area (Å²) in [5, 5.41) is 3.14. The van der Waals surface area contributed by atoms with Crippen LogP contribution in [0.5, 0.6) is 0 Å². The number of aromatic nitrogens is 1. The summed E-state index contributed by atoms with van der Waals surface area (Å²) in [6.07, 6.45) is 5.17. The summed E-state index contributed by atoms with van der Waals surface area (Å²) >= 11 is 0. The molecule has 1 aromatic rings. The van der Waals surface area contributed by atoms with Crippen molar-refractivity contribution in [2.45, 2.75) is 46.1 Å². The molecule has 1 saturated carbocycles. The molecule has 1 aliphatic carbocycles. The summed E-state index contributed by atoms with van der Waals surface area (Å²) in [5.41, 5.74) is 1.14. The number of amides is 1. The fourth-order valence-electron chi connectivity index (χ4n) is 3.01. The third kappa shape index (κ3) is 2.94. The molecule has 1 heterocycles. The van der Waals surface area contributed by atoms with Crippen LogP contribution >= 0.6 is 0 Å². The van der Waals surface area contributed by atoms with Crippen LogP contribution in [0.1, 0.15) is 60.9 Å². The van der Waals surface area contributed by atoms with Crippen molar-refractivity contribution in [3.63, 3.8) is 0 Å². The average molecular weight is 276 g/mol. The first-order valence-corrected chi connectivity index (χ1v) is 7.38. The van der Waals surface area contributed by atoms with E-state index >= 15 is 0 Å². The SMILES string of the molecule is CC(=O)c1cc(C(=O)NC2CCCC(C)C2C)n(C)c1. The topological polar surface area (TPSA) is 51.1 Å². The highest BCUT2D eigenvalue weighted by molar-refractivity contribution is 5.99. The molecule has 4 heteroatoms. The van der Waals surface area contributed by atoms with Gasteiger partial charge in [0, 0.05) is 24.8 Å². The summed E-state index contributed by atoms with van der Waals surface area (Å²) in [4.78, 5) is 23.8. The molecule has 2 rings (SSSR count). The molecule has 1 amide bonds. The van der Waals surface area contributed by atoms with Crippen LogP contribution in [0.2, 0.25) is 0 Å². The number of ketones is 1. The molecule has 3 unspecified atom stereocenters. The maximum Gasteiger partial charge on any atom is 0.268 e. The molecule has 1 aliphatic rings. The molecule has 0 aromatic carbocycles. The summed E-state index contributed by atoms with van der Waals surface area (Å²) in [5.74, 6) is 1.06. The summed E-state index contributed by atoms with van der Waals surface area (Å²) in [6, 6.07) is 1.91. The van der Waals surface area contributed by atoms with Crippen LogP contribution in [0, 0.1) is 11.8 Å². The molecule has 1 fully saturated rings. The van der Waals surface area contributed by atoms with Crippen molar-refractivity contribution in [2.75, 3.05) is 0 Å². The Hall–Kier alpha value is -1.58. The highest BCUT2D eigenvalue weighted by Crippen LogP contribution is 2.29. The van der Waals surface area contributed by atoms with Gasteiger partial charge in [0.1, 0.15) is 5.69 Å². The lowest BCUT2D eigenvalue weighted by Crippen LogP contribution is -2.44. The smallest absolute Gasteiger partial charge is 0.268 e. The van der Waals surface area contributed by atoms with Gasteiger partial charge < -0.3 is 9.88 Å². The Kier molecular flexibility index (Phi) is 4.31. The molecule has 0 aliphatic heterocycles. The van der Waals surface area contributed by atoms with Gasteiger partial charge in [-0.15, -0.1) is 0 Å². The normalized spacial score (nSPS) is 26.3. The van der Waals surface area contributed by atoms with E-state index in [0.29, 0.717) is 23.1 Å². The van der Waals surface area contributed by atoms with E-state index in [1.54, 1.807) is 23.9 Å². The lowest BCUT2D eigenvalue weighted by molar-refractivity contribution is 0.0882. The van der Waals surface area contributed by atoms with Gasteiger partial charge in [0.2, 0.25) is 0 Å². The average Bonchev–Trinajstić information content (AvgIpc) is 2.77. The van der Waals surface area contributed by atoms with E-state index in [1.165, 1.54) is 19.8 Å². The van der Waals surface area contributed by atoms with E-state index in [-0.39, 0.29) is 17.7 Å². The highest BCUT2D eigenvalue weighted by Gasteiger charge is 2.29. The number of hydrogen-bond acceptors (Lipinski definition) is 2. The second kappa shape index (κ2) is 5.81. The van der Waals surface area contributed by atoms with E-state index in [0.717, 1.165) is 6.42 Å². The maximum absolute atomic E-state index is 12.4. The van der Waals surface area contributed by atoms with Crippen LogP contribution in [0.3, 0.4) is 0 Å². The van der Waals surface area contributed by atoms with Gasteiger partial charge >= 0.3 is 0 Å². The fourth-order valence-corrected chi connectivity index (χ4v) is 3.01. The van der Waals surface area contributed by atoms with Crippen molar-refractivity contribution in [1.82, 2.24) is 9.88 Å². The molecule has 1 aromatic heterocycles. The molecule has 1 N–H and O–H groups in total. The first-order valence-electron chi connectivity index (χ1n) is 7.38. The van der Waals surface area contributed by atoms with Gasteiger partial charge in [-0.05, 0) is 31.2 Å². The number of aryl methyl sites for hydroxylation is 1. The Morgan fingerprint density at radius 3 is 2.60 bits per heavy atom. The first-order chi connectivity index (χ1) is 9.40. The van der Waals surface area contributed by atoms with Gasteiger partial charge in [0.05, 0.1) is 0 Å². The number of rotatable bonds is 3. The third-order valence-electron chi connectivity index (χ3n) is 4.67. The quantitative estimate of drug-likeness (QED) is 0.863. The predicted octanol–water partition coefficient (Wildman–Crippen LogP) is 2.78. The second-order valence-electron chi connectivity index (χ2n) is 6.13. The van der Waals surface area contributed by atoms with Gasteiger partial charge in [-0.25, -0.2) is 0 Å². The second-order valence-corrected chi connectivity index (χ2v) is 6.13. The van der Waals surface area contributed by atoms with Gasteiger partial charge in [-0.1, -0.05) is 26.7 Å². The van der Waals surface area contributed by atoms with E-state index in [1.807, 2.05) is 0 Å². The van der Waals surface area contributed by atoms with E-state index in [4.69, 9.17) is 0 Å². The van der Waals surface area contributed by atoms with Gasteiger partial charge in [0.25, 0.3) is 5.91 Å². The Morgan fingerprint density at radius 2 is 2.00 bits per heavy atom. The van der Waals surface area contributed by atoms with Crippen molar-refractivity contribution in [1.29, 1.82) is 0 Å². The standard InChI is InChI=1S/C16H24N2O2/c1-10-6-5-7-14(11(10)2)17-16(20)15-8-13(12(3)19)9-18(15)4/h8-11,14H,5-7H2,1-4H3,(H,17,20). The lowest BCUT2D eigenvalue weighted by atomic mass is 9.78. The maximum atomic E-state index is 12.4. The molecular weight excluding hydrogens is 252 g/mol. The number of nitrogens with zero attached hydrogens (tertiary/aromatic N) is 1. The van der Waals surface area contributed by atoms with Crippen molar-refractivity contribution < 1.29 is 9.59 Å². The van der Waals surface area contributed by atoms with Crippen LogP contribution in [0.4, 0.5) is 0 Å². The van der Waals surface area contributed by atoms with Crippen molar-refractivity contribution >= 4 is 11.7 Å². The molecule has 3 atom stereocenters. The largest absolute Gasteiger partial charge is 0.348 e. The van der Waals surface area contributed by atoms with Crippen LogP contribution in [0.15, 0.2) is 12.3 Å². The molecule has 110 valence electrons. The lowest BCUT2D eigenvalue weighted by Gasteiger charge is -2.34. The Bertz CT molecular complexity index is 519. The third-order valence-corrected chi connectivity index (χ3v) is 4.67. The van der Waals surface area contributed by atoms with Crippen LogP contribution in [0.25, 0.3) is 0 Å². The molecule has 0 spiro atoms. The number of hydrogen-bond donors (Lipinski definition) is 1. The summed E-state index contributed by atoms with van der Waals surface area (Å²) < 4.78 is 1.73. The van der Waals surface area contributed by atoms with E-state index in [9.17, 15) is 9.59 Å². The van der Waals surface area contributed by atoms with Crippen LogP contribution in [-0.2, 0) is 7.05 Å². The number of Topliss-reactive ketones (excluding diaryl/α,β-unsaturated/α-hetero) is 1. The van der Waals surface area contributed by atoms with E-state index in [2.05, 4.69) is 19.2 Å². The molecule has 0 bridgehead atoms. The zero-order chi connectivity index (χ0) is 14.9. The zero-order valence-corrected chi connectivity index (χ0v) is 12.8. The fraction of sp³-hybridized carbons (Fsp3) is 0.625. The monoisotopic (exact) mass is 276 g/mol. The van der Waals surface area contributed by atoms with Crippen LogP contribution < -0.4 is 5.32 Å². The number of carbonyl (C=O) groups is 2. The zero-order valence-electron chi connectivity index (χ0n) is 12.8. The Labute approximate surface area is 120 Å². The molecule has 4 nitrogen and oxygen atoms in total. The molecule has 20 heavy (non-hydrogen) atoms. The predicted molar refractivity (Wildman–Crippen MR) is 78.9 cm³/mol. The number of carbonyl (C=O) groups excluding carboxylic acids is 2. The minimum absolute atomic E-state index is 0.0145. The first kappa shape index (κ1) is 14.8. The summed E-state index contributed by atoms with van der Waals surface area (Å²) in [7, 11) is 1.80. The Morgan fingerprint density at radius 1 is 1.30 bits per heavy atom. The van der Waals surface area contributed by atoms with Gasteiger partial charge in [-0.3, -0.25) is 9.59 Å². The highest BCUT2D eigenvalue weighted by atomic mass is 16.2. The summed E-state index contributed by atoms with van der Waals surface area (Å²) in [6.45, 7) is 5.97. The number of nitrogens with one attached hydrogen (secondary N) is 1. The molecular formula is C16H24N2O2. The van der Waals surface area contributed by atoms with Gasteiger partial charge in [-0.2, -0.15) is 0 Å². The molecule has 0 saturated heterocycles. The van der Waals surface area contributed by atoms with Crippen molar-refractivity contribution in [2.24, 2.45) is 18.9 Å². The minimum atomic E-state index is -0.0778. The minimum Gasteiger partial charge on any atom is -0.348 e. The van der Waals surface area contributed by atoms with E-state index < -0.39 is 0 Å². The molecule has 0 radical (unpaired) electrons. The van der Waals surface area contributed by atoms with Crippen molar-refractivity contribution in [3.8, 4) is 0 Å². The van der Waals surface area contributed by atoms with Crippen LogP contribution in [-0.4, -0.2) is 22.3 Å². The van der Waals surface area contributed by atoms with Gasteiger partial charge in [0.15, 0.2) is 5.78 Å². The van der Waals surface area contributed by atoms with Crippen molar-refractivity contribution in [3.05, 3.63) is 23.5 Å². The Balaban J connectivity index is 2.10.